The molecule has 0 amide bonds. The summed E-state index contributed by atoms with van der Waals surface area (Å²) in [5.74, 6) is 0.733. The number of aryl methyl sites for hydroxylation is 1. The average molecular weight is 240 g/mol. The molecule has 0 aliphatic carbocycles. The quantitative estimate of drug-likeness (QED) is 0.820. The van der Waals surface area contributed by atoms with Crippen molar-refractivity contribution in [3.8, 4) is 0 Å². The van der Waals surface area contributed by atoms with Crippen LogP contribution >= 0.6 is 11.3 Å². The van der Waals surface area contributed by atoms with E-state index in [1.165, 1.54) is 17.8 Å². The summed E-state index contributed by atoms with van der Waals surface area (Å²) >= 11 is 1.78. The van der Waals surface area contributed by atoms with Crippen LogP contribution in [0.3, 0.4) is 0 Å². The number of aromatic nitrogens is 1. The van der Waals surface area contributed by atoms with Crippen LogP contribution in [0.15, 0.2) is 5.38 Å². The van der Waals surface area contributed by atoms with Gasteiger partial charge in [0.2, 0.25) is 0 Å². The van der Waals surface area contributed by atoms with Gasteiger partial charge in [0.25, 0.3) is 0 Å². The fourth-order valence-electron chi connectivity index (χ4n) is 2.08. The summed E-state index contributed by atoms with van der Waals surface area (Å²) < 4.78 is 0. The monoisotopic (exact) mass is 240 g/mol. The van der Waals surface area contributed by atoms with Crippen LogP contribution in [0.5, 0.6) is 0 Å². The van der Waals surface area contributed by atoms with Crippen LogP contribution in [-0.4, -0.2) is 12.0 Å². The van der Waals surface area contributed by atoms with Crippen LogP contribution in [0.4, 0.5) is 0 Å². The largest absolute Gasteiger partial charge is 0.308 e. The van der Waals surface area contributed by atoms with Gasteiger partial charge in [-0.1, -0.05) is 27.2 Å². The summed E-state index contributed by atoms with van der Waals surface area (Å²) in [6, 6.07) is 0. The summed E-state index contributed by atoms with van der Waals surface area (Å²) in [5.41, 5.74) is 1.21. The number of nitrogens with zero attached hydrogens (tertiary/aromatic N) is 1. The van der Waals surface area contributed by atoms with Gasteiger partial charge >= 0.3 is 0 Å². The van der Waals surface area contributed by atoms with Gasteiger partial charge < -0.3 is 5.32 Å². The van der Waals surface area contributed by atoms with E-state index in [0.29, 0.717) is 0 Å². The average Bonchev–Trinajstić information content (AvgIpc) is 2.73. The first-order chi connectivity index (χ1) is 7.57. The smallest absolute Gasteiger partial charge is 0.113 e. The Morgan fingerprint density at radius 1 is 1.50 bits per heavy atom. The molecular formula is C13H24N2S. The molecule has 2 unspecified atom stereocenters. The Hall–Kier alpha value is -0.410. The maximum absolute atomic E-state index is 4.67. The van der Waals surface area contributed by atoms with Crippen LogP contribution in [-0.2, 0) is 5.54 Å². The lowest BCUT2D eigenvalue weighted by Gasteiger charge is -2.33. The Kier molecular flexibility index (Phi) is 4.93. The summed E-state index contributed by atoms with van der Waals surface area (Å²) in [5, 5.41) is 6.90. The molecule has 0 radical (unpaired) electrons. The van der Waals surface area contributed by atoms with Crippen molar-refractivity contribution < 1.29 is 0 Å². The van der Waals surface area contributed by atoms with E-state index < -0.39 is 0 Å². The zero-order chi connectivity index (χ0) is 12.2. The molecule has 2 nitrogen and oxygen atoms in total. The number of hydrogen-bond donors (Lipinski definition) is 1. The van der Waals surface area contributed by atoms with E-state index in [4.69, 9.17) is 0 Å². The van der Waals surface area contributed by atoms with Crippen LogP contribution in [0, 0.1) is 12.8 Å². The molecule has 1 rings (SSSR count). The second kappa shape index (κ2) is 5.78. The van der Waals surface area contributed by atoms with Gasteiger partial charge in [-0.15, -0.1) is 11.3 Å². The summed E-state index contributed by atoms with van der Waals surface area (Å²) in [6.07, 6.45) is 3.50. The molecule has 0 aromatic carbocycles. The highest BCUT2D eigenvalue weighted by molar-refractivity contribution is 7.09. The molecule has 1 heterocycles. The van der Waals surface area contributed by atoms with Gasteiger partial charge in [0.05, 0.1) is 5.54 Å². The first-order valence-electron chi connectivity index (χ1n) is 6.19. The molecule has 1 aromatic rings. The van der Waals surface area contributed by atoms with Crippen molar-refractivity contribution in [2.75, 3.05) is 7.05 Å². The number of thiazole rings is 1. The third-order valence-electron chi connectivity index (χ3n) is 3.50. The first-order valence-corrected chi connectivity index (χ1v) is 7.07. The molecule has 2 atom stereocenters. The standard InChI is InChI=1S/C13H24N2S/c1-6-10(3)8-13(7-2,14-5)12-15-11(4)9-16-12/h9-10,14H,6-8H2,1-5H3. The molecule has 0 aliphatic heterocycles. The van der Waals surface area contributed by atoms with Gasteiger partial charge in [0, 0.05) is 11.1 Å². The lowest BCUT2D eigenvalue weighted by Crippen LogP contribution is -2.40. The fourth-order valence-corrected chi connectivity index (χ4v) is 3.17. The molecule has 0 spiro atoms. The lowest BCUT2D eigenvalue weighted by atomic mass is 9.85. The third kappa shape index (κ3) is 2.83. The molecular weight excluding hydrogens is 216 g/mol. The highest BCUT2D eigenvalue weighted by Gasteiger charge is 2.32. The minimum absolute atomic E-state index is 0.0777. The fraction of sp³-hybridized carbons (Fsp3) is 0.769. The van der Waals surface area contributed by atoms with Crippen LogP contribution in [0.2, 0.25) is 0 Å². The van der Waals surface area contributed by atoms with Crippen LogP contribution in [0.25, 0.3) is 0 Å². The zero-order valence-corrected chi connectivity index (χ0v) is 11.9. The third-order valence-corrected chi connectivity index (χ3v) is 4.67. The molecule has 16 heavy (non-hydrogen) atoms. The molecule has 0 bridgehead atoms. The second-order valence-electron chi connectivity index (χ2n) is 4.70. The summed E-state index contributed by atoms with van der Waals surface area (Å²) in [4.78, 5) is 4.67. The predicted molar refractivity (Wildman–Crippen MR) is 72.0 cm³/mol. The van der Waals surface area contributed by atoms with E-state index in [1.54, 1.807) is 11.3 Å². The van der Waals surface area contributed by atoms with E-state index in [1.807, 2.05) is 0 Å². The Labute approximate surface area is 103 Å². The minimum atomic E-state index is 0.0777. The van der Waals surface area contributed by atoms with Gasteiger partial charge in [-0.25, -0.2) is 4.98 Å². The number of rotatable bonds is 6. The summed E-state index contributed by atoms with van der Waals surface area (Å²) in [6.45, 7) is 8.89. The highest BCUT2D eigenvalue weighted by Crippen LogP contribution is 2.34. The molecule has 0 aliphatic rings. The van der Waals surface area contributed by atoms with Crippen molar-refractivity contribution in [1.29, 1.82) is 0 Å². The van der Waals surface area contributed by atoms with E-state index in [9.17, 15) is 0 Å². The van der Waals surface area contributed by atoms with Gasteiger partial charge in [-0.3, -0.25) is 0 Å². The Balaban J connectivity index is 2.95. The SMILES string of the molecule is CCC(C)CC(CC)(NC)c1nc(C)cs1. The maximum atomic E-state index is 4.67. The molecule has 0 fully saturated rings. The molecule has 1 N–H and O–H groups in total. The molecule has 92 valence electrons. The number of nitrogens with one attached hydrogen (secondary N) is 1. The topological polar surface area (TPSA) is 24.9 Å². The van der Waals surface area contributed by atoms with Gasteiger partial charge in [0.1, 0.15) is 5.01 Å². The van der Waals surface area contributed by atoms with Crippen molar-refractivity contribution in [2.24, 2.45) is 5.92 Å². The predicted octanol–water partition coefficient (Wildman–Crippen LogP) is 3.71. The van der Waals surface area contributed by atoms with Gasteiger partial charge in [-0.2, -0.15) is 0 Å². The molecule has 0 saturated heterocycles. The van der Waals surface area contributed by atoms with Crippen molar-refractivity contribution in [1.82, 2.24) is 10.3 Å². The van der Waals surface area contributed by atoms with Crippen molar-refractivity contribution in [3.05, 3.63) is 16.1 Å². The number of hydrogen-bond acceptors (Lipinski definition) is 3. The molecule has 3 heteroatoms. The lowest BCUT2D eigenvalue weighted by molar-refractivity contribution is 0.266. The van der Waals surface area contributed by atoms with Crippen molar-refractivity contribution in [2.45, 2.75) is 52.5 Å². The minimum Gasteiger partial charge on any atom is -0.308 e. The van der Waals surface area contributed by atoms with E-state index in [-0.39, 0.29) is 5.54 Å². The van der Waals surface area contributed by atoms with Crippen LogP contribution < -0.4 is 5.32 Å². The Morgan fingerprint density at radius 2 is 2.19 bits per heavy atom. The Morgan fingerprint density at radius 3 is 2.56 bits per heavy atom. The van der Waals surface area contributed by atoms with Crippen LogP contribution in [0.1, 0.15) is 50.7 Å². The van der Waals surface area contributed by atoms with Crippen molar-refractivity contribution >= 4 is 11.3 Å². The van der Waals surface area contributed by atoms with E-state index in [2.05, 4.69) is 50.4 Å². The normalized spacial score (nSPS) is 17.1. The summed E-state index contributed by atoms with van der Waals surface area (Å²) in [7, 11) is 2.06. The van der Waals surface area contributed by atoms with Crippen molar-refractivity contribution in [3.63, 3.8) is 0 Å². The molecule has 1 aromatic heterocycles. The highest BCUT2D eigenvalue weighted by atomic mass is 32.1. The van der Waals surface area contributed by atoms with E-state index >= 15 is 0 Å². The van der Waals surface area contributed by atoms with Gasteiger partial charge in [-0.05, 0) is 32.7 Å². The maximum Gasteiger partial charge on any atom is 0.113 e. The zero-order valence-electron chi connectivity index (χ0n) is 11.1. The molecule has 0 saturated carbocycles. The van der Waals surface area contributed by atoms with Gasteiger partial charge in [0.15, 0.2) is 0 Å². The first kappa shape index (κ1) is 13.7. The van der Waals surface area contributed by atoms with E-state index in [0.717, 1.165) is 18.0 Å². The second-order valence-corrected chi connectivity index (χ2v) is 5.56. The Bertz CT molecular complexity index is 315.